The Bertz CT molecular complexity index is 1110. The van der Waals surface area contributed by atoms with E-state index in [1.165, 1.54) is 6.07 Å². The van der Waals surface area contributed by atoms with E-state index in [1.807, 2.05) is 13.8 Å². The summed E-state index contributed by atoms with van der Waals surface area (Å²) < 4.78 is 33.4. The van der Waals surface area contributed by atoms with Gasteiger partial charge in [0.25, 0.3) is 5.91 Å². The molecule has 2 saturated heterocycles. The molecule has 1 N–H and O–H groups in total. The Morgan fingerprint density at radius 3 is 2.57 bits per heavy atom. The van der Waals surface area contributed by atoms with Crippen LogP contribution in [0.15, 0.2) is 22.6 Å². The number of nitrogens with zero attached hydrogens (tertiary/aromatic N) is 4. The molecule has 2 amide bonds. The van der Waals surface area contributed by atoms with E-state index in [0.717, 1.165) is 31.4 Å². The number of rotatable bonds is 6. The number of nitrogens with one attached hydrogen (secondary N) is 1. The molecule has 5 rings (SSSR count). The van der Waals surface area contributed by atoms with Crippen LogP contribution in [0.4, 0.5) is 8.78 Å². The highest BCUT2D eigenvalue weighted by molar-refractivity contribution is 5.94. The van der Waals surface area contributed by atoms with Crippen molar-refractivity contribution in [2.75, 3.05) is 26.2 Å². The van der Waals surface area contributed by atoms with E-state index in [0.29, 0.717) is 44.3 Å². The van der Waals surface area contributed by atoms with Crippen LogP contribution in [0.3, 0.4) is 0 Å². The molecule has 188 valence electrons. The van der Waals surface area contributed by atoms with Crippen molar-refractivity contribution in [3.05, 3.63) is 47.2 Å². The maximum Gasteiger partial charge on any atom is 0.256 e. The molecule has 1 saturated carbocycles. The topological polar surface area (TPSA) is 91.6 Å². The molecule has 1 aromatic heterocycles. The maximum atomic E-state index is 14.2. The van der Waals surface area contributed by atoms with Gasteiger partial charge in [0.1, 0.15) is 11.6 Å². The van der Waals surface area contributed by atoms with Gasteiger partial charge in [-0.05, 0) is 49.7 Å². The second-order valence-corrected chi connectivity index (χ2v) is 10.5. The Kier molecular flexibility index (Phi) is 6.33. The molecule has 3 aliphatic rings. The van der Waals surface area contributed by atoms with Gasteiger partial charge in [-0.2, -0.15) is 0 Å². The smallest absolute Gasteiger partial charge is 0.256 e. The van der Waals surface area contributed by atoms with Gasteiger partial charge in [0.15, 0.2) is 0 Å². The first-order valence-corrected chi connectivity index (χ1v) is 12.3. The highest BCUT2D eigenvalue weighted by atomic mass is 19.1. The SMILES string of the molecule is CC(C)c1nnc(C2CC3(CCN(C(=O)c4ccc(F)cc4F)CC3)CN2CC(=O)NC2CC2)o1. The molecule has 2 aromatic rings. The molecule has 0 bridgehead atoms. The molecule has 1 aromatic carbocycles. The lowest BCUT2D eigenvalue weighted by atomic mass is 9.76. The number of benzene rings is 1. The predicted octanol–water partition coefficient (Wildman–Crippen LogP) is 3.42. The van der Waals surface area contributed by atoms with E-state index in [1.54, 1.807) is 4.90 Å². The van der Waals surface area contributed by atoms with Gasteiger partial charge in [-0.15, -0.1) is 10.2 Å². The quantitative estimate of drug-likeness (QED) is 0.672. The summed E-state index contributed by atoms with van der Waals surface area (Å²) in [6, 6.07) is 3.15. The number of halogens is 2. The molecular weight excluding hydrogens is 456 g/mol. The molecular formula is C25H31F2N5O3. The molecule has 35 heavy (non-hydrogen) atoms. The third-order valence-corrected chi connectivity index (χ3v) is 7.40. The summed E-state index contributed by atoms with van der Waals surface area (Å²) in [5, 5.41) is 11.5. The largest absolute Gasteiger partial charge is 0.423 e. The zero-order chi connectivity index (χ0) is 24.7. The minimum absolute atomic E-state index is 0.00227. The first-order chi connectivity index (χ1) is 16.7. The molecule has 2 aliphatic heterocycles. The van der Waals surface area contributed by atoms with Crippen molar-refractivity contribution in [2.45, 2.75) is 64.0 Å². The zero-order valence-electron chi connectivity index (χ0n) is 20.1. The fourth-order valence-electron chi connectivity index (χ4n) is 5.23. The summed E-state index contributed by atoms with van der Waals surface area (Å²) in [6.45, 7) is 5.85. The van der Waals surface area contributed by atoms with Crippen molar-refractivity contribution >= 4 is 11.8 Å². The van der Waals surface area contributed by atoms with Crippen LogP contribution in [0.5, 0.6) is 0 Å². The van der Waals surface area contributed by atoms with Crippen LogP contribution in [-0.2, 0) is 4.79 Å². The Balaban J connectivity index is 1.30. The van der Waals surface area contributed by atoms with Gasteiger partial charge in [0.05, 0.1) is 18.2 Å². The molecule has 8 nitrogen and oxygen atoms in total. The lowest BCUT2D eigenvalue weighted by molar-refractivity contribution is -0.122. The normalized spacial score (nSPS) is 22.2. The zero-order valence-corrected chi connectivity index (χ0v) is 20.1. The molecule has 0 radical (unpaired) electrons. The van der Waals surface area contributed by atoms with Gasteiger partial charge in [-0.25, -0.2) is 8.78 Å². The monoisotopic (exact) mass is 487 g/mol. The Hall–Kier alpha value is -2.88. The van der Waals surface area contributed by atoms with E-state index < -0.39 is 17.5 Å². The van der Waals surface area contributed by atoms with Crippen molar-refractivity contribution in [1.82, 2.24) is 25.3 Å². The summed E-state index contributed by atoms with van der Waals surface area (Å²) >= 11 is 0. The Morgan fingerprint density at radius 1 is 1.20 bits per heavy atom. The first-order valence-electron chi connectivity index (χ1n) is 12.3. The van der Waals surface area contributed by atoms with Crippen molar-refractivity contribution in [3.63, 3.8) is 0 Å². The van der Waals surface area contributed by atoms with E-state index >= 15 is 0 Å². The van der Waals surface area contributed by atoms with Crippen molar-refractivity contribution < 1.29 is 22.8 Å². The van der Waals surface area contributed by atoms with Crippen molar-refractivity contribution in [3.8, 4) is 0 Å². The van der Waals surface area contributed by atoms with Gasteiger partial charge in [0.2, 0.25) is 17.7 Å². The fraction of sp³-hybridized carbons (Fsp3) is 0.600. The van der Waals surface area contributed by atoms with Crippen LogP contribution in [0.2, 0.25) is 0 Å². The third kappa shape index (κ3) is 5.07. The highest BCUT2D eigenvalue weighted by Gasteiger charge is 2.49. The Morgan fingerprint density at radius 2 is 1.94 bits per heavy atom. The summed E-state index contributed by atoms with van der Waals surface area (Å²) in [5.74, 6) is -0.771. The molecule has 3 heterocycles. The number of carbonyl (C=O) groups is 2. The van der Waals surface area contributed by atoms with E-state index in [-0.39, 0.29) is 41.4 Å². The van der Waals surface area contributed by atoms with Gasteiger partial charge in [0, 0.05) is 37.7 Å². The number of piperidine rings is 1. The highest BCUT2D eigenvalue weighted by Crippen LogP contribution is 2.49. The second-order valence-electron chi connectivity index (χ2n) is 10.5. The number of carbonyl (C=O) groups excluding carboxylic acids is 2. The van der Waals surface area contributed by atoms with Crippen LogP contribution in [0, 0.1) is 17.0 Å². The van der Waals surface area contributed by atoms with Gasteiger partial charge < -0.3 is 14.6 Å². The summed E-state index contributed by atoms with van der Waals surface area (Å²) in [5.41, 5.74) is -0.230. The van der Waals surface area contributed by atoms with Crippen LogP contribution in [0.25, 0.3) is 0 Å². The van der Waals surface area contributed by atoms with Crippen LogP contribution in [0.1, 0.15) is 80.1 Å². The predicted molar refractivity (Wildman–Crippen MR) is 122 cm³/mol. The lowest BCUT2D eigenvalue weighted by Crippen LogP contribution is -2.45. The van der Waals surface area contributed by atoms with Crippen molar-refractivity contribution in [2.24, 2.45) is 5.41 Å². The summed E-state index contributed by atoms with van der Waals surface area (Å²) in [4.78, 5) is 29.2. The van der Waals surface area contributed by atoms with Crippen LogP contribution >= 0.6 is 0 Å². The maximum absolute atomic E-state index is 14.2. The lowest BCUT2D eigenvalue weighted by Gasteiger charge is -2.39. The average molecular weight is 488 g/mol. The molecule has 3 fully saturated rings. The van der Waals surface area contributed by atoms with Crippen molar-refractivity contribution in [1.29, 1.82) is 0 Å². The summed E-state index contributed by atoms with van der Waals surface area (Å²) in [7, 11) is 0. The van der Waals surface area contributed by atoms with Gasteiger partial charge in [-0.3, -0.25) is 14.5 Å². The molecule has 1 atom stereocenters. The standard InChI is InChI=1S/C25H31F2N5O3/c1-15(2)22-29-30-23(35-22)20-12-25(14-32(20)13-21(33)28-17-4-5-17)7-9-31(10-8-25)24(34)18-6-3-16(26)11-19(18)27/h3,6,11,15,17,20H,4-5,7-10,12-14H2,1-2H3,(H,28,33). The first kappa shape index (κ1) is 23.8. The number of hydrogen-bond acceptors (Lipinski definition) is 6. The molecule has 1 aliphatic carbocycles. The van der Waals surface area contributed by atoms with Crippen LogP contribution in [-0.4, -0.2) is 64.0 Å². The summed E-state index contributed by atoms with van der Waals surface area (Å²) in [6.07, 6.45) is 4.22. The van der Waals surface area contributed by atoms with E-state index in [9.17, 15) is 18.4 Å². The van der Waals surface area contributed by atoms with Gasteiger partial charge >= 0.3 is 0 Å². The average Bonchev–Trinajstić information content (AvgIpc) is 3.35. The minimum Gasteiger partial charge on any atom is -0.423 e. The minimum atomic E-state index is -0.846. The number of amides is 2. The van der Waals surface area contributed by atoms with Gasteiger partial charge in [-0.1, -0.05) is 13.8 Å². The van der Waals surface area contributed by atoms with E-state index in [2.05, 4.69) is 20.4 Å². The number of likely N-dealkylation sites (tertiary alicyclic amines) is 2. The molecule has 1 unspecified atom stereocenters. The van der Waals surface area contributed by atoms with E-state index in [4.69, 9.17) is 4.42 Å². The van der Waals surface area contributed by atoms with Crippen LogP contribution < -0.4 is 5.32 Å². The molecule has 1 spiro atoms. The number of hydrogen-bond donors (Lipinski definition) is 1. The number of aromatic nitrogens is 2. The second kappa shape index (κ2) is 9.29. The third-order valence-electron chi connectivity index (χ3n) is 7.40. The Labute approximate surface area is 203 Å². The fourth-order valence-corrected chi connectivity index (χ4v) is 5.23. The molecule has 10 heteroatoms.